The molecule has 1 heterocycles. The third-order valence-corrected chi connectivity index (χ3v) is 4.46. The highest BCUT2D eigenvalue weighted by atomic mass is 35.5. The molecule has 7 heteroatoms. The van der Waals surface area contributed by atoms with Crippen LogP contribution in [0.5, 0.6) is 0 Å². The molecule has 2 aromatic carbocycles. The average Bonchev–Trinajstić information content (AvgIpc) is 3.24. The standard InChI is InChI=1S/C23H17ClN2O4/c1-29-23(28)19-9-7-17(24)12-20(19)21-10-8-18(30-21)11-16(13-25)22(27)26-14-15-5-3-2-4-6-15/h2-12H,14H2,1H3,(H,26,27)/b16-11+. The summed E-state index contributed by atoms with van der Waals surface area (Å²) >= 11 is 6.05. The summed E-state index contributed by atoms with van der Waals surface area (Å²) in [6.07, 6.45) is 1.34. The zero-order valence-corrected chi connectivity index (χ0v) is 16.8. The lowest BCUT2D eigenvalue weighted by Gasteiger charge is -2.06. The lowest BCUT2D eigenvalue weighted by atomic mass is 10.1. The van der Waals surface area contributed by atoms with Crippen LogP contribution in [0.25, 0.3) is 17.4 Å². The number of halogens is 1. The first kappa shape index (κ1) is 20.9. The lowest BCUT2D eigenvalue weighted by Crippen LogP contribution is -2.23. The number of rotatable bonds is 6. The van der Waals surface area contributed by atoms with Crippen molar-refractivity contribution in [3.63, 3.8) is 0 Å². The molecule has 0 aliphatic rings. The van der Waals surface area contributed by atoms with E-state index in [0.29, 0.717) is 22.9 Å². The molecule has 0 fully saturated rings. The highest BCUT2D eigenvalue weighted by Crippen LogP contribution is 2.30. The largest absolute Gasteiger partial charge is 0.465 e. The maximum absolute atomic E-state index is 12.3. The van der Waals surface area contributed by atoms with Crippen molar-refractivity contribution in [1.29, 1.82) is 5.26 Å². The minimum atomic E-state index is -0.534. The summed E-state index contributed by atoms with van der Waals surface area (Å²) in [5.74, 6) is -0.413. The van der Waals surface area contributed by atoms with Gasteiger partial charge in [0.05, 0.1) is 12.7 Å². The summed E-state index contributed by atoms with van der Waals surface area (Å²) in [6.45, 7) is 0.299. The average molecular weight is 421 g/mol. The number of hydrogen-bond acceptors (Lipinski definition) is 5. The Hall–Kier alpha value is -3.82. The molecule has 3 aromatic rings. The van der Waals surface area contributed by atoms with E-state index in [0.717, 1.165) is 5.56 Å². The normalized spacial score (nSPS) is 10.9. The molecule has 30 heavy (non-hydrogen) atoms. The monoisotopic (exact) mass is 420 g/mol. The Morgan fingerprint density at radius 3 is 2.63 bits per heavy atom. The van der Waals surface area contributed by atoms with Crippen molar-refractivity contribution < 1.29 is 18.7 Å². The van der Waals surface area contributed by atoms with Gasteiger partial charge in [-0.25, -0.2) is 4.79 Å². The molecule has 0 aliphatic carbocycles. The SMILES string of the molecule is COC(=O)c1ccc(Cl)cc1-c1ccc(/C=C(\C#N)C(=O)NCc2ccccc2)o1. The Balaban J connectivity index is 1.82. The molecular weight excluding hydrogens is 404 g/mol. The number of methoxy groups -OCH3 is 1. The number of amides is 1. The molecular formula is C23H17ClN2O4. The fraction of sp³-hybridized carbons (Fsp3) is 0.0870. The van der Waals surface area contributed by atoms with Gasteiger partial charge < -0.3 is 14.5 Å². The molecule has 1 N–H and O–H groups in total. The van der Waals surface area contributed by atoms with Gasteiger partial charge in [0.2, 0.25) is 0 Å². The lowest BCUT2D eigenvalue weighted by molar-refractivity contribution is -0.117. The first-order chi connectivity index (χ1) is 14.5. The molecule has 0 saturated carbocycles. The van der Waals surface area contributed by atoms with Crippen molar-refractivity contribution in [3.05, 3.63) is 88.1 Å². The zero-order valence-electron chi connectivity index (χ0n) is 16.0. The van der Waals surface area contributed by atoms with E-state index in [1.165, 1.54) is 13.2 Å². The van der Waals surface area contributed by atoms with Gasteiger partial charge in [-0.2, -0.15) is 5.26 Å². The summed E-state index contributed by atoms with van der Waals surface area (Å²) in [7, 11) is 1.28. The van der Waals surface area contributed by atoms with Crippen molar-refractivity contribution in [3.8, 4) is 17.4 Å². The number of benzene rings is 2. The molecule has 0 unspecified atom stereocenters. The van der Waals surface area contributed by atoms with Crippen LogP contribution in [0, 0.1) is 11.3 Å². The van der Waals surface area contributed by atoms with E-state index in [9.17, 15) is 14.9 Å². The summed E-state index contributed by atoms with van der Waals surface area (Å²) in [4.78, 5) is 24.3. The molecule has 0 atom stereocenters. The highest BCUT2D eigenvalue weighted by molar-refractivity contribution is 6.31. The van der Waals surface area contributed by atoms with E-state index in [1.807, 2.05) is 36.4 Å². The molecule has 0 spiro atoms. The topological polar surface area (TPSA) is 92.3 Å². The summed E-state index contributed by atoms with van der Waals surface area (Å²) < 4.78 is 10.5. The first-order valence-corrected chi connectivity index (χ1v) is 9.31. The van der Waals surface area contributed by atoms with Crippen molar-refractivity contribution in [2.24, 2.45) is 0 Å². The molecule has 150 valence electrons. The minimum Gasteiger partial charge on any atom is -0.465 e. The van der Waals surface area contributed by atoms with Crippen molar-refractivity contribution in [2.45, 2.75) is 6.54 Å². The number of ether oxygens (including phenoxy) is 1. The molecule has 0 bridgehead atoms. The maximum atomic E-state index is 12.3. The fourth-order valence-corrected chi connectivity index (χ4v) is 2.92. The Morgan fingerprint density at radius 1 is 1.17 bits per heavy atom. The first-order valence-electron chi connectivity index (χ1n) is 8.94. The van der Waals surface area contributed by atoms with Crippen LogP contribution in [-0.4, -0.2) is 19.0 Å². The second-order valence-corrected chi connectivity index (χ2v) is 6.66. The van der Waals surface area contributed by atoms with Crippen LogP contribution in [0.15, 0.2) is 70.7 Å². The third kappa shape index (κ3) is 4.96. The molecule has 1 aromatic heterocycles. The van der Waals surface area contributed by atoms with Crippen LogP contribution in [0.4, 0.5) is 0 Å². The van der Waals surface area contributed by atoms with Gasteiger partial charge in [-0.1, -0.05) is 41.9 Å². The van der Waals surface area contributed by atoms with Gasteiger partial charge in [0, 0.05) is 23.2 Å². The van der Waals surface area contributed by atoms with E-state index in [4.69, 9.17) is 20.8 Å². The number of carbonyl (C=O) groups is 2. The quantitative estimate of drug-likeness (QED) is 0.357. The number of esters is 1. The van der Waals surface area contributed by atoms with Gasteiger partial charge in [-0.15, -0.1) is 0 Å². The summed E-state index contributed by atoms with van der Waals surface area (Å²) in [5.41, 5.74) is 1.54. The summed E-state index contributed by atoms with van der Waals surface area (Å²) in [6, 6.07) is 19.2. The number of carbonyl (C=O) groups excluding carboxylic acids is 2. The van der Waals surface area contributed by atoms with Gasteiger partial charge in [-0.05, 0) is 35.9 Å². The van der Waals surface area contributed by atoms with Crippen molar-refractivity contribution >= 4 is 29.6 Å². The van der Waals surface area contributed by atoms with E-state index >= 15 is 0 Å². The minimum absolute atomic E-state index is 0.105. The smallest absolute Gasteiger partial charge is 0.338 e. The summed E-state index contributed by atoms with van der Waals surface area (Å²) in [5, 5.41) is 12.5. The highest BCUT2D eigenvalue weighted by Gasteiger charge is 2.17. The Bertz CT molecular complexity index is 1140. The number of nitrogens with zero attached hydrogens (tertiary/aromatic N) is 1. The molecule has 6 nitrogen and oxygen atoms in total. The Kier molecular flexibility index (Phi) is 6.68. The number of hydrogen-bond donors (Lipinski definition) is 1. The fourth-order valence-electron chi connectivity index (χ4n) is 2.75. The van der Waals surface area contributed by atoms with E-state index in [2.05, 4.69) is 5.32 Å². The van der Waals surface area contributed by atoms with Crippen LogP contribution in [0.1, 0.15) is 21.7 Å². The van der Waals surface area contributed by atoms with Crippen molar-refractivity contribution in [2.75, 3.05) is 7.11 Å². The maximum Gasteiger partial charge on any atom is 0.338 e. The Morgan fingerprint density at radius 2 is 1.93 bits per heavy atom. The van der Waals surface area contributed by atoms with Crippen molar-refractivity contribution in [1.82, 2.24) is 5.32 Å². The van der Waals surface area contributed by atoms with E-state index in [1.54, 1.807) is 30.3 Å². The van der Waals surface area contributed by atoms with E-state index in [-0.39, 0.29) is 16.9 Å². The molecule has 1 amide bonds. The van der Waals surface area contributed by atoms with Gasteiger partial charge in [-0.3, -0.25) is 4.79 Å². The Labute approximate surface area is 178 Å². The molecule has 0 radical (unpaired) electrons. The van der Waals surface area contributed by atoms with Gasteiger partial charge in [0.15, 0.2) is 0 Å². The third-order valence-electron chi connectivity index (χ3n) is 4.23. The molecule has 0 aliphatic heterocycles. The van der Waals surface area contributed by atoms with Crippen LogP contribution in [0.3, 0.4) is 0 Å². The van der Waals surface area contributed by atoms with Crippen LogP contribution < -0.4 is 5.32 Å². The van der Waals surface area contributed by atoms with Gasteiger partial charge in [0.1, 0.15) is 23.2 Å². The van der Waals surface area contributed by atoms with E-state index < -0.39 is 11.9 Å². The van der Waals surface area contributed by atoms with Crippen LogP contribution >= 0.6 is 11.6 Å². The van der Waals surface area contributed by atoms with Gasteiger partial charge >= 0.3 is 5.97 Å². The second-order valence-electron chi connectivity index (χ2n) is 6.22. The zero-order chi connectivity index (χ0) is 21.5. The second kappa shape index (κ2) is 9.59. The van der Waals surface area contributed by atoms with Gasteiger partial charge in [0.25, 0.3) is 5.91 Å². The number of nitriles is 1. The molecule has 0 saturated heterocycles. The van der Waals surface area contributed by atoms with Crippen LogP contribution in [0.2, 0.25) is 5.02 Å². The predicted octanol–water partition coefficient (Wildman–Crippen LogP) is 4.61. The molecule has 3 rings (SSSR count). The predicted molar refractivity (Wildman–Crippen MR) is 112 cm³/mol. The number of furan rings is 1. The number of nitrogens with one attached hydrogen (secondary N) is 1. The van der Waals surface area contributed by atoms with Crippen LogP contribution in [-0.2, 0) is 16.1 Å².